The number of nitrogens with one attached hydrogen (secondary N) is 1. The minimum absolute atomic E-state index is 0.0323. The Labute approximate surface area is 113 Å². The zero-order valence-corrected chi connectivity index (χ0v) is 11.4. The molecule has 3 N–H and O–H groups in total. The molecule has 0 radical (unpaired) electrons. The molecule has 3 atom stereocenters. The third-order valence-electron chi connectivity index (χ3n) is 3.52. The van der Waals surface area contributed by atoms with E-state index in [1.165, 1.54) is 5.39 Å². The van der Waals surface area contributed by atoms with E-state index in [0.717, 1.165) is 10.9 Å². The summed E-state index contributed by atoms with van der Waals surface area (Å²) in [5.74, 6) is 0. The van der Waals surface area contributed by atoms with Crippen LogP contribution in [0.3, 0.4) is 0 Å². The Balaban J connectivity index is 2.06. The second kappa shape index (κ2) is 6.15. The number of rotatable bonds is 5. The van der Waals surface area contributed by atoms with Crippen LogP contribution < -0.4 is 5.32 Å². The van der Waals surface area contributed by atoms with Crippen molar-refractivity contribution in [2.45, 2.75) is 32.1 Å². The molecule has 0 aliphatic heterocycles. The Morgan fingerprint density at radius 3 is 2.37 bits per heavy atom. The number of aliphatic hydroxyl groups excluding tert-OH is 2. The summed E-state index contributed by atoms with van der Waals surface area (Å²) in [6.45, 7) is 4.07. The van der Waals surface area contributed by atoms with Crippen molar-refractivity contribution >= 4 is 10.8 Å². The van der Waals surface area contributed by atoms with Crippen LogP contribution in [-0.2, 0) is 0 Å². The predicted octanol–water partition coefficient (Wildman–Crippen LogP) is 2.23. The largest absolute Gasteiger partial charge is 0.392 e. The summed E-state index contributed by atoms with van der Waals surface area (Å²) in [7, 11) is 0. The lowest BCUT2D eigenvalue weighted by Crippen LogP contribution is -2.37. The fourth-order valence-corrected chi connectivity index (χ4v) is 2.00. The van der Waals surface area contributed by atoms with Crippen LogP contribution in [0.2, 0.25) is 0 Å². The maximum absolute atomic E-state index is 10.2. The highest BCUT2D eigenvalue weighted by atomic mass is 16.3. The van der Waals surface area contributed by atoms with Crippen molar-refractivity contribution in [3.8, 4) is 0 Å². The van der Waals surface area contributed by atoms with Crippen molar-refractivity contribution in [2.75, 3.05) is 6.54 Å². The first kappa shape index (κ1) is 14.0. The molecule has 0 unspecified atom stereocenters. The van der Waals surface area contributed by atoms with Gasteiger partial charge in [-0.2, -0.15) is 0 Å². The van der Waals surface area contributed by atoms with E-state index in [-0.39, 0.29) is 6.04 Å². The third-order valence-corrected chi connectivity index (χ3v) is 3.52. The Bertz CT molecular complexity index is 539. The highest BCUT2D eigenvalue weighted by molar-refractivity contribution is 5.83. The molecule has 3 nitrogen and oxygen atoms in total. The van der Waals surface area contributed by atoms with Gasteiger partial charge < -0.3 is 15.5 Å². The van der Waals surface area contributed by atoms with Crippen molar-refractivity contribution in [3.05, 3.63) is 48.0 Å². The van der Waals surface area contributed by atoms with Crippen molar-refractivity contribution in [1.29, 1.82) is 0 Å². The van der Waals surface area contributed by atoms with Crippen molar-refractivity contribution in [2.24, 2.45) is 0 Å². The lowest BCUT2D eigenvalue weighted by Gasteiger charge is -2.19. The summed E-state index contributed by atoms with van der Waals surface area (Å²) in [6.07, 6.45) is -0.991. The van der Waals surface area contributed by atoms with Gasteiger partial charge in [0.2, 0.25) is 0 Å². The van der Waals surface area contributed by atoms with Crippen LogP contribution >= 0.6 is 0 Å². The van der Waals surface area contributed by atoms with Crippen LogP contribution in [-0.4, -0.2) is 28.9 Å². The normalized spacial score (nSPS) is 16.2. The molecule has 0 aliphatic carbocycles. The second-order valence-corrected chi connectivity index (χ2v) is 5.06. The van der Waals surface area contributed by atoms with Gasteiger partial charge in [-0.15, -0.1) is 0 Å². The third kappa shape index (κ3) is 3.53. The maximum Gasteiger partial charge on any atom is 0.0914 e. The van der Waals surface area contributed by atoms with Crippen LogP contribution in [0, 0.1) is 0 Å². The van der Waals surface area contributed by atoms with Crippen LogP contribution in [0.5, 0.6) is 0 Å². The Morgan fingerprint density at radius 2 is 1.68 bits per heavy atom. The van der Waals surface area contributed by atoms with Gasteiger partial charge in [0.1, 0.15) is 0 Å². The summed E-state index contributed by atoms with van der Waals surface area (Å²) in [5, 5.41) is 25.0. The van der Waals surface area contributed by atoms with Crippen molar-refractivity contribution < 1.29 is 10.2 Å². The monoisotopic (exact) mass is 259 g/mol. The predicted molar refractivity (Wildman–Crippen MR) is 78.1 cm³/mol. The summed E-state index contributed by atoms with van der Waals surface area (Å²) < 4.78 is 0. The first-order valence-electron chi connectivity index (χ1n) is 6.66. The average molecular weight is 259 g/mol. The molecule has 2 aromatic carbocycles. The van der Waals surface area contributed by atoms with Gasteiger partial charge in [-0.25, -0.2) is 0 Å². The number of fused-ring (bicyclic) bond motifs is 1. The van der Waals surface area contributed by atoms with Crippen LogP contribution in [0.15, 0.2) is 42.5 Å². The molecule has 0 saturated heterocycles. The Kier molecular flexibility index (Phi) is 4.53. The first-order chi connectivity index (χ1) is 9.08. The lowest BCUT2D eigenvalue weighted by atomic mass is 10.0. The summed E-state index contributed by atoms with van der Waals surface area (Å²) >= 11 is 0. The number of hydrogen-bond acceptors (Lipinski definition) is 3. The second-order valence-electron chi connectivity index (χ2n) is 5.06. The van der Waals surface area contributed by atoms with E-state index in [9.17, 15) is 10.2 Å². The summed E-state index contributed by atoms with van der Waals surface area (Å²) in [4.78, 5) is 0. The van der Waals surface area contributed by atoms with E-state index in [0.29, 0.717) is 6.54 Å². The van der Waals surface area contributed by atoms with E-state index in [4.69, 9.17) is 0 Å². The molecule has 19 heavy (non-hydrogen) atoms. The van der Waals surface area contributed by atoms with Crippen molar-refractivity contribution in [3.63, 3.8) is 0 Å². The molecule has 0 amide bonds. The van der Waals surface area contributed by atoms with Gasteiger partial charge in [-0.05, 0) is 36.2 Å². The maximum atomic E-state index is 10.2. The first-order valence-corrected chi connectivity index (χ1v) is 6.66. The number of aliphatic hydroxyl groups is 2. The van der Waals surface area contributed by atoms with Crippen LogP contribution in [0.4, 0.5) is 0 Å². The van der Waals surface area contributed by atoms with E-state index < -0.39 is 12.2 Å². The van der Waals surface area contributed by atoms with E-state index in [2.05, 4.69) is 11.4 Å². The van der Waals surface area contributed by atoms with Gasteiger partial charge in [0.25, 0.3) is 0 Å². The number of hydrogen-bond donors (Lipinski definition) is 3. The molecule has 0 bridgehead atoms. The molecule has 3 heteroatoms. The molecule has 2 rings (SSSR count). The lowest BCUT2D eigenvalue weighted by molar-refractivity contribution is 0.128. The number of benzene rings is 2. The molecule has 0 heterocycles. The molecule has 102 valence electrons. The molecule has 0 spiro atoms. The van der Waals surface area contributed by atoms with Gasteiger partial charge in [0.15, 0.2) is 0 Å². The zero-order chi connectivity index (χ0) is 13.8. The van der Waals surface area contributed by atoms with Gasteiger partial charge in [-0.3, -0.25) is 0 Å². The van der Waals surface area contributed by atoms with Gasteiger partial charge in [-0.1, -0.05) is 36.4 Å². The van der Waals surface area contributed by atoms with Gasteiger partial charge >= 0.3 is 0 Å². The summed E-state index contributed by atoms with van der Waals surface area (Å²) in [6, 6.07) is 14.0. The molecule has 2 aromatic rings. The van der Waals surface area contributed by atoms with E-state index >= 15 is 0 Å². The molecule has 0 fully saturated rings. The molecule has 0 saturated carbocycles. The smallest absolute Gasteiger partial charge is 0.0914 e. The standard InChI is InChI=1S/C16H21NO2/c1-11(12(2)18)17-10-16(19)15-8-7-13-5-3-4-6-14(13)9-15/h3-9,11-12,16-19H,10H2,1-2H3/t11-,12-,16-/m0/s1. The van der Waals surface area contributed by atoms with Crippen LogP contribution in [0.25, 0.3) is 10.8 Å². The zero-order valence-electron chi connectivity index (χ0n) is 11.4. The SMILES string of the molecule is C[C@H](O)[C@H](C)NC[C@H](O)c1ccc2ccccc2c1. The summed E-state index contributed by atoms with van der Waals surface area (Å²) in [5.41, 5.74) is 0.893. The average Bonchev–Trinajstić information content (AvgIpc) is 2.43. The molecular weight excluding hydrogens is 238 g/mol. The molecule has 0 aromatic heterocycles. The minimum atomic E-state index is -0.564. The Morgan fingerprint density at radius 1 is 1.00 bits per heavy atom. The van der Waals surface area contributed by atoms with Gasteiger partial charge in [0.05, 0.1) is 12.2 Å². The quantitative estimate of drug-likeness (QED) is 0.772. The Hall–Kier alpha value is -1.42. The van der Waals surface area contributed by atoms with E-state index in [1.807, 2.05) is 43.3 Å². The topological polar surface area (TPSA) is 52.5 Å². The molecule has 0 aliphatic rings. The highest BCUT2D eigenvalue weighted by Crippen LogP contribution is 2.20. The molecular formula is C16H21NO2. The van der Waals surface area contributed by atoms with Gasteiger partial charge in [0, 0.05) is 12.6 Å². The highest BCUT2D eigenvalue weighted by Gasteiger charge is 2.12. The fourth-order valence-electron chi connectivity index (χ4n) is 2.00. The van der Waals surface area contributed by atoms with E-state index in [1.54, 1.807) is 6.92 Å². The van der Waals surface area contributed by atoms with Crippen molar-refractivity contribution in [1.82, 2.24) is 5.32 Å². The minimum Gasteiger partial charge on any atom is -0.392 e. The van der Waals surface area contributed by atoms with Crippen LogP contribution in [0.1, 0.15) is 25.5 Å². The fraction of sp³-hybridized carbons (Fsp3) is 0.375.